The zero-order valence-corrected chi connectivity index (χ0v) is 11.9. The normalized spacial score (nSPS) is 10.5. The SMILES string of the molecule is Cc1nc(CN(C)c2cc([N+](=O)[O-])cc(Cl)n2)cs1. The average molecular weight is 299 g/mol. The first kappa shape index (κ1) is 13.7. The number of aryl methyl sites for hydroxylation is 1. The smallest absolute Gasteiger partial charge is 0.276 e. The first-order chi connectivity index (χ1) is 8.95. The van der Waals surface area contributed by atoms with Gasteiger partial charge in [0.15, 0.2) is 0 Å². The van der Waals surface area contributed by atoms with Crippen LogP contribution in [0.15, 0.2) is 17.5 Å². The number of anilines is 1. The molecular formula is C11H11ClN4O2S. The topological polar surface area (TPSA) is 72.2 Å². The second-order valence-corrected chi connectivity index (χ2v) is 5.43. The molecule has 0 atom stereocenters. The number of halogens is 1. The molecule has 2 aromatic rings. The van der Waals surface area contributed by atoms with Gasteiger partial charge in [0, 0.05) is 12.4 Å². The molecule has 100 valence electrons. The van der Waals surface area contributed by atoms with Crippen molar-refractivity contribution in [2.75, 3.05) is 11.9 Å². The summed E-state index contributed by atoms with van der Waals surface area (Å²) in [6.45, 7) is 2.45. The van der Waals surface area contributed by atoms with Crippen molar-refractivity contribution in [3.8, 4) is 0 Å². The van der Waals surface area contributed by atoms with Gasteiger partial charge in [0.05, 0.1) is 34.3 Å². The Kier molecular flexibility index (Phi) is 3.96. The maximum absolute atomic E-state index is 10.8. The summed E-state index contributed by atoms with van der Waals surface area (Å²) in [6.07, 6.45) is 0. The van der Waals surface area contributed by atoms with Gasteiger partial charge in [-0.05, 0) is 6.92 Å². The van der Waals surface area contributed by atoms with E-state index in [9.17, 15) is 10.1 Å². The van der Waals surface area contributed by atoms with Crippen LogP contribution in [0.1, 0.15) is 10.7 Å². The Bertz CT molecular complexity index is 616. The molecule has 6 nitrogen and oxygen atoms in total. The van der Waals surface area contributed by atoms with Crippen LogP contribution in [0.2, 0.25) is 5.15 Å². The fourth-order valence-corrected chi connectivity index (χ4v) is 2.38. The highest BCUT2D eigenvalue weighted by molar-refractivity contribution is 7.09. The predicted octanol–water partition coefficient (Wildman–Crippen LogP) is 3.04. The highest BCUT2D eigenvalue weighted by Gasteiger charge is 2.13. The number of pyridine rings is 1. The predicted molar refractivity (Wildman–Crippen MR) is 74.9 cm³/mol. The van der Waals surface area contributed by atoms with Gasteiger partial charge in [-0.2, -0.15) is 0 Å². The molecule has 0 unspecified atom stereocenters. The third-order valence-corrected chi connectivity index (χ3v) is 3.45. The molecule has 2 heterocycles. The van der Waals surface area contributed by atoms with Gasteiger partial charge in [0.2, 0.25) is 0 Å². The summed E-state index contributed by atoms with van der Waals surface area (Å²) < 4.78 is 0. The summed E-state index contributed by atoms with van der Waals surface area (Å²) in [4.78, 5) is 20.5. The van der Waals surface area contributed by atoms with E-state index in [1.807, 2.05) is 12.3 Å². The third kappa shape index (κ3) is 3.39. The minimum Gasteiger partial charge on any atom is -0.353 e. The largest absolute Gasteiger partial charge is 0.353 e. The van der Waals surface area contributed by atoms with E-state index < -0.39 is 4.92 Å². The molecule has 0 amide bonds. The highest BCUT2D eigenvalue weighted by atomic mass is 35.5. The van der Waals surface area contributed by atoms with Crippen LogP contribution in [0.5, 0.6) is 0 Å². The van der Waals surface area contributed by atoms with Crippen molar-refractivity contribution in [3.05, 3.63) is 43.5 Å². The van der Waals surface area contributed by atoms with Crippen LogP contribution in [0.25, 0.3) is 0 Å². The van der Waals surface area contributed by atoms with Gasteiger partial charge in [0.1, 0.15) is 11.0 Å². The van der Waals surface area contributed by atoms with Crippen LogP contribution in [0.4, 0.5) is 11.5 Å². The maximum Gasteiger partial charge on any atom is 0.276 e. The number of hydrogen-bond donors (Lipinski definition) is 0. The summed E-state index contributed by atoms with van der Waals surface area (Å²) in [5.74, 6) is 0.449. The van der Waals surface area contributed by atoms with E-state index in [1.54, 1.807) is 23.3 Å². The third-order valence-electron chi connectivity index (χ3n) is 2.43. The lowest BCUT2D eigenvalue weighted by atomic mass is 10.3. The minimum atomic E-state index is -0.488. The number of thiazole rings is 1. The van der Waals surface area contributed by atoms with E-state index in [0.717, 1.165) is 10.7 Å². The summed E-state index contributed by atoms with van der Waals surface area (Å²) in [6, 6.07) is 2.62. The summed E-state index contributed by atoms with van der Waals surface area (Å²) in [7, 11) is 1.79. The van der Waals surface area contributed by atoms with Crippen molar-refractivity contribution in [3.63, 3.8) is 0 Å². The van der Waals surface area contributed by atoms with E-state index in [-0.39, 0.29) is 10.8 Å². The number of rotatable bonds is 4. The Morgan fingerprint density at radius 2 is 2.21 bits per heavy atom. The van der Waals surface area contributed by atoms with Crippen molar-refractivity contribution in [2.24, 2.45) is 0 Å². The fraction of sp³-hybridized carbons (Fsp3) is 0.273. The van der Waals surface area contributed by atoms with Gasteiger partial charge < -0.3 is 4.90 Å². The lowest BCUT2D eigenvalue weighted by Crippen LogP contribution is -2.18. The first-order valence-electron chi connectivity index (χ1n) is 5.40. The van der Waals surface area contributed by atoms with Crippen molar-refractivity contribution in [1.29, 1.82) is 0 Å². The minimum absolute atomic E-state index is 0.0729. The van der Waals surface area contributed by atoms with Gasteiger partial charge in [-0.1, -0.05) is 11.6 Å². The Morgan fingerprint density at radius 3 is 2.79 bits per heavy atom. The molecule has 0 aliphatic carbocycles. The molecular weight excluding hydrogens is 288 g/mol. The van der Waals surface area contributed by atoms with Crippen LogP contribution in [-0.4, -0.2) is 21.9 Å². The summed E-state index contributed by atoms with van der Waals surface area (Å²) in [5.41, 5.74) is 0.825. The highest BCUT2D eigenvalue weighted by Crippen LogP contribution is 2.23. The number of hydrogen-bond acceptors (Lipinski definition) is 6. The Hall–Kier alpha value is -1.73. The van der Waals surface area contributed by atoms with Gasteiger partial charge in [-0.25, -0.2) is 9.97 Å². The molecule has 0 saturated carbocycles. The maximum atomic E-state index is 10.8. The Balaban J connectivity index is 2.23. The quantitative estimate of drug-likeness (QED) is 0.493. The second kappa shape index (κ2) is 5.50. The molecule has 0 fully saturated rings. The lowest BCUT2D eigenvalue weighted by Gasteiger charge is -2.16. The van der Waals surface area contributed by atoms with E-state index >= 15 is 0 Å². The summed E-state index contributed by atoms with van der Waals surface area (Å²) in [5, 5.41) is 13.8. The average Bonchev–Trinajstić information content (AvgIpc) is 2.73. The zero-order chi connectivity index (χ0) is 14.0. The number of nitro groups is 1. The molecule has 2 aromatic heterocycles. The summed E-state index contributed by atoms with van der Waals surface area (Å²) >= 11 is 7.35. The molecule has 0 aliphatic rings. The van der Waals surface area contributed by atoms with E-state index in [0.29, 0.717) is 12.4 Å². The van der Waals surface area contributed by atoms with E-state index in [1.165, 1.54) is 12.1 Å². The van der Waals surface area contributed by atoms with E-state index in [2.05, 4.69) is 9.97 Å². The zero-order valence-electron chi connectivity index (χ0n) is 10.3. The molecule has 8 heteroatoms. The van der Waals surface area contributed by atoms with Gasteiger partial charge in [-0.3, -0.25) is 10.1 Å². The van der Waals surface area contributed by atoms with Crippen LogP contribution < -0.4 is 4.90 Å². The number of aromatic nitrogens is 2. The molecule has 0 radical (unpaired) electrons. The van der Waals surface area contributed by atoms with Gasteiger partial charge in [0.25, 0.3) is 5.69 Å². The van der Waals surface area contributed by atoms with Crippen molar-refractivity contribution in [2.45, 2.75) is 13.5 Å². The second-order valence-electron chi connectivity index (χ2n) is 3.98. The van der Waals surface area contributed by atoms with Crippen LogP contribution in [0.3, 0.4) is 0 Å². The molecule has 0 saturated heterocycles. The molecule has 0 N–H and O–H groups in total. The van der Waals surface area contributed by atoms with E-state index in [4.69, 9.17) is 11.6 Å². The molecule has 0 bridgehead atoms. The Morgan fingerprint density at radius 1 is 1.47 bits per heavy atom. The van der Waals surface area contributed by atoms with Crippen molar-refractivity contribution in [1.82, 2.24) is 9.97 Å². The lowest BCUT2D eigenvalue weighted by molar-refractivity contribution is -0.384. The van der Waals surface area contributed by atoms with Crippen LogP contribution in [-0.2, 0) is 6.54 Å². The van der Waals surface area contributed by atoms with Crippen LogP contribution in [0, 0.1) is 17.0 Å². The monoisotopic (exact) mass is 298 g/mol. The van der Waals surface area contributed by atoms with Crippen LogP contribution >= 0.6 is 22.9 Å². The first-order valence-corrected chi connectivity index (χ1v) is 6.65. The molecule has 0 aromatic carbocycles. The molecule has 0 aliphatic heterocycles. The standard InChI is InChI=1S/C11H11ClN4O2S/c1-7-13-8(6-19-7)5-15(2)11-4-9(16(17)18)3-10(12)14-11/h3-4,6H,5H2,1-2H3. The van der Waals surface area contributed by atoms with Crippen molar-refractivity contribution >= 4 is 34.4 Å². The van der Waals surface area contributed by atoms with Crippen molar-refractivity contribution < 1.29 is 4.92 Å². The number of nitrogens with zero attached hydrogens (tertiary/aromatic N) is 4. The fourth-order valence-electron chi connectivity index (χ4n) is 1.58. The van der Waals surface area contributed by atoms with Gasteiger partial charge >= 0.3 is 0 Å². The Labute approximate surface area is 118 Å². The molecule has 0 spiro atoms. The van der Waals surface area contributed by atoms with Gasteiger partial charge in [-0.15, -0.1) is 11.3 Å². The molecule has 19 heavy (non-hydrogen) atoms. The molecule has 2 rings (SSSR count).